The molecular formula is C18H17N3O5S. The summed E-state index contributed by atoms with van der Waals surface area (Å²) in [5.41, 5.74) is 1.79. The molecule has 0 radical (unpaired) electrons. The molecule has 0 aliphatic heterocycles. The largest absolute Gasteiger partial charge is 0.462 e. The lowest BCUT2D eigenvalue weighted by Crippen LogP contribution is -2.23. The molecule has 0 aliphatic carbocycles. The van der Waals surface area contributed by atoms with Crippen LogP contribution in [0, 0.1) is 0 Å². The van der Waals surface area contributed by atoms with Crippen molar-refractivity contribution >= 4 is 38.4 Å². The van der Waals surface area contributed by atoms with E-state index in [1.807, 2.05) is 0 Å². The van der Waals surface area contributed by atoms with Crippen LogP contribution in [0.3, 0.4) is 0 Å². The summed E-state index contributed by atoms with van der Waals surface area (Å²) in [5, 5.41) is 2.23. The zero-order chi connectivity index (χ0) is 19.4. The van der Waals surface area contributed by atoms with Gasteiger partial charge in [0.1, 0.15) is 5.75 Å². The predicted octanol–water partition coefficient (Wildman–Crippen LogP) is 2.15. The molecule has 2 aromatic carbocycles. The van der Waals surface area contributed by atoms with Gasteiger partial charge in [-0.2, -0.15) is 0 Å². The number of carbonyl (C=O) groups is 2. The van der Waals surface area contributed by atoms with Crippen LogP contribution in [0.25, 0.3) is 11.0 Å². The normalized spacial score (nSPS) is 11.3. The predicted molar refractivity (Wildman–Crippen MR) is 99.2 cm³/mol. The maximum Gasteiger partial charge on any atom is 0.338 e. The number of nitrogens with one attached hydrogen (secondary N) is 2. The number of hydrogen-bond donors (Lipinski definition) is 2. The van der Waals surface area contributed by atoms with Gasteiger partial charge in [0.15, 0.2) is 0 Å². The number of para-hydroxylation sites is 2. The van der Waals surface area contributed by atoms with Crippen molar-refractivity contribution < 1.29 is 22.7 Å². The molecule has 0 spiro atoms. The molecule has 1 heterocycles. The lowest BCUT2D eigenvalue weighted by atomic mass is 10.2. The van der Waals surface area contributed by atoms with E-state index in [2.05, 4.69) is 15.3 Å². The third-order valence-electron chi connectivity index (χ3n) is 3.66. The monoisotopic (exact) mass is 387 g/mol. The third kappa shape index (κ3) is 4.32. The van der Waals surface area contributed by atoms with Gasteiger partial charge in [-0.3, -0.25) is 4.79 Å². The van der Waals surface area contributed by atoms with Crippen molar-refractivity contribution in [2.75, 3.05) is 17.7 Å². The SMILES string of the molecule is CCOC(=O)c1ccc(NC(=O)CS(=O)(=O)c2nc3ccccc3[nH]2)cc1. The number of fused-ring (bicyclic) bond motifs is 1. The number of ether oxygens (including phenoxy) is 1. The molecule has 0 saturated carbocycles. The van der Waals surface area contributed by atoms with Gasteiger partial charge < -0.3 is 15.0 Å². The van der Waals surface area contributed by atoms with Gasteiger partial charge in [0.2, 0.25) is 20.9 Å². The fraction of sp³-hybridized carbons (Fsp3) is 0.167. The average molecular weight is 387 g/mol. The Labute approximate surface area is 155 Å². The molecule has 1 aromatic heterocycles. The first-order valence-corrected chi connectivity index (χ1v) is 9.79. The highest BCUT2D eigenvalue weighted by Gasteiger charge is 2.23. The number of amides is 1. The highest BCUT2D eigenvalue weighted by molar-refractivity contribution is 7.92. The number of H-pyrrole nitrogens is 1. The summed E-state index contributed by atoms with van der Waals surface area (Å²) < 4.78 is 29.7. The van der Waals surface area contributed by atoms with Crippen LogP contribution in [0.2, 0.25) is 0 Å². The van der Waals surface area contributed by atoms with E-state index in [1.165, 1.54) is 24.3 Å². The number of carbonyl (C=O) groups excluding carboxylic acids is 2. The molecule has 27 heavy (non-hydrogen) atoms. The smallest absolute Gasteiger partial charge is 0.338 e. The summed E-state index contributed by atoms with van der Waals surface area (Å²) in [7, 11) is -3.92. The Morgan fingerprint density at radius 3 is 2.48 bits per heavy atom. The molecule has 8 nitrogen and oxygen atoms in total. The van der Waals surface area contributed by atoms with Crippen LogP contribution >= 0.6 is 0 Å². The number of sulfone groups is 1. The number of aromatic amines is 1. The van der Waals surface area contributed by atoms with Crippen molar-refractivity contribution in [2.24, 2.45) is 0 Å². The summed E-state index contributed by atoms with van der Waals surface area (Å²) in [6.07, 6.45) is 0. The number of anilines is 1. The maximum absolute atomic E-state index is 12.4. The molecule has 0 saturated heterocycles. The topological polar surface area (TPSA) is 118 Å². The van der Waals surface area contributed by atoms with Crippen LogP contribution < -0.4 is 5.32 Å². The van der Waals surface area contributed by atoms with Gasteiger partial charge >= 0.3 is 5.97 Å². The number of rotatable bonds is 6. The third-order valence-corrected chi connectivity index (χ3v) is 5.09. The highest BCUT2D eigenvalue weighted by atomic mass is 32.2. The second kappa shape index (κ2) is 7.58. The molecular weight excluding hydrogens is 370 g/mol. The molecule has 0 aliphatic rings. The Morgan fingerprint density at radius 2 is 1.81 bits per heavy atom. The lowest BCUT2D eigenvalue weighted by molar-refractivity contribution is -0.113. The zero-order valence-electron chi connectivity index (χ0n) is 14.4. The fourth-order valence-electron chi connectivity index (χ4n) is 2.42. The molecule has 0 atom stereocenters. The molecule has 1 amide bonds. The summed E-state index contributed by atoms with van der Waals surface area (Å²) in [6, 6.07) is 12.8. The summed E-state index contributed by atoms with van der Waals surface area (Å²) in [4.78, 5) is 30.4. The van der Waals surface area contributed by atoms with Crippen molar-refractivity contribution in [3.8, 4) is 0 Å². The van der Waals surface area contributed by atoms with E-state index in [0.717, 1.165) is 0 Å². The van der Waals surface area contributed by atoms with Crippen LogP contribution in [0.1, 0.15) is 17.3 Å². The van der Waals surface area contributed by atoms with Gasteiger partial charge in [-0.25, -0.2) is 18.2 Å². The number of imidazole rings is 1. The van der Waals surface area contributed by atoms with Crippen molar-refractivity contribution in [1.29, 1.82) is 0 Å². The number of esters is 1. The van der Waals surface area contributed by atoms with E-state index in [4.69, 9.17) is 4.74 Å². The zero-order valence-corrected chi connectivity index (χ0v) is 15.2. The molecule has 9 heteroatoms. The lowest BCUT2D eigenvalue weighted by Gasteiger charge is -2.06. The Morgan fingerprint density at radius 1 is 1.11 bits per heavy atom. The van der Waals surface area contributed by atoms with E-state index in [0.29, 0.717) is 22.3 Å². The van der Waals surface area contributed by atoms with Crippen LogP contribution in [0.4, 0.5) is 5.69 Å². The first-order valence-electron chi connectivity index (χ1n) is 8.13. The number of benzene rings is 2. The van der Waals surface area contributed by atoms with Gasteiger partial charge in [0, 0.05) is 5.69 Å². The van der Waals surface area contributed by atoms with E-state index < -0.39 is 27.5 Å². The summed E-state index contributed by atoms with van der Waals surface area (Å²) >= 11 is 0. The Balaban J connectivity index is 1.68. The average Bonchev–Trinajstić information content (AvgIpc) is 3.07. The number of hydrogen-bond acceptors (Lipinski definition) is 6. The minimum absolute atomic E-state index is 0.253. The molecule has 0 bridgehead atoms. The molecule has 3 aromatic rings. The van der Waals surface area contributed by atoms with Crippen LogP contribution in [-0.2, 0) is 19.4 Å². The van der Waals surface area contributed by atoms with Gasteiger partial charge in [-0.05, 0) is 43.3 Å². The Kier molecular flexibility index (Phi) is 5.22. The Bertz CT molecular complexity index is 1050. The quantitative estimate of drug-likeness (QED) is 0.626. The molecule has 140 valence electrons. The molecule has 3 rings (SSSR count). The fourth-order valence-corrected chi connectivity index (χ4v) is 3.48. The number of nitrogens with zero attached hydrogens (tertiary/aromatic N) is 1. The summed E-state index contributed by atoms with van der Waals surface area (Å²) in [5.74, 6) is -1.94. The van der Waals surface area contributed by atoms with E-state index in [9.17, 15) is 18.0 Å². The minimum atomic E-state index is -3.92. The molecule has 0 unspecified atom stereocenters. The minimum Gasteiger partial charge on any atom is -0.462 e. The number of aromatic nitrogens is 2. The van der Waals surface area contributed by atoms with Crippen molar-refractivity contribution in [3.05, 3.63) is 54.1 Å². The van der Waals surface area contributed by atoms with E-state index in [1.54, 1.807) is 31.2 Å². The van der Waals surface area contributed by atoms with Crippen LogP contribution in [0.15, 0.2) is 53.7 Å². The molecule has 0 fully saturated rings. The summed E-state index contributed by atoms with van der Waals surface area (Å²) in [6.45, 7) is 1.96. The van der Waals surface area contributed by atoms with E-state index >= 15 is 0 Å². The van der Waals surface area contributed by atoms with Crippen molar-refractivity contribution in [2.45, 2.75) is 12.1 Å². The second-order valence-corrected chi connectivity index (χ2v) is 7.57. The van der Waals surface area contributed by atoms with Crippen molar-refractivity contribution in [3.63, 3.8) is 0 Å². The maximum atomic E-state index is 12.4. The van der Waals surface area contributed by atoms with Gasteiger partial charge in [-0.1, -0.05) is 12.1 Å². The van der Waals surface area contributed by atoms with E-state index in [-0.39, 0.29) is 11.8 Å². The van der Waals surface area contributed by atoms with Crippen molar-refractivity contribution in [1.82, 2.24) is 9.97 Å². The van der Waals surface area contributed by atoms with Gasteiger partial charge in [-0.15, -0.1) is 0 Å². The first kappa shape index (κ1) is 18.6. The standard InChI is InChI=1S/C18H17N3O5S/c1-2-26-17(23)12-7-9-13(10-8-12)19-16(22)11-27(24,25)18-20-14-5-3-4-6-15(14)21-18/h3-10H,2,11H2,1H3,(H,19,22)(H,20,21). The van der Waals surface area contributed by atoms with Crippen LogP contribution in [-0.4, -0.2) is 42.6 Å². The highest BCUT2D eigenvalue weighted by Crippen LogP contribution is 2.16. The molecule has 2 N–H and O–H groups in total. The first-order chi connectivity index (χ1) is 12.9. The van der Waals surface area contributed by atoms with Gasteiger partial charge in [0.05, 0.1) is 23.2 Å². The van der Waals surface area contributed by atoms with Gasteiger partial charge in [0.25, 0.3) is 0 Å². The Hall–Kier alpha value is -3.20. The van der Waals surface area contributed by atoms with Crippen LogP contribution in [0.5, 0.6) is 0 Å². The second-order valence-electron chi connectivity index (χ2n) is 5.66.